The molecule has 3 nitrogen and oxygen atoms in total. The van der Waals surface area contributed by atoms with Gasteiger partial charge in [-0.3, -0.25) is 0 Å². The summed E-state index contributed by atoms with van der Waals surface area (Å²) in [5, 5.41) is 19.4. The minimum Gasteiger partial charge on any atom is -0.508 e. The first-order valence-corrected chi connectivity index (χ1v) is 6.42. The zero-order valence-electron chi connectivity index (χ0n) is 11.2. The van der Waals surface area contributed by atoms with Gasteiger partial charge in [-0.15, -0.1) is 0 Å². The minimum atomic E-state index is -1.12. The Kier molecular flexibility index (Phi) is 3.25. The van der Waals surface area contributed by atoms with Crippen molar-refractivity contribution in [2.45, 2.75) is 0 Å². The lowest BCUT2D eigenvalue weighted by atomic mass is 9.96. The first-order valence-electron chi connectivity index (χ1n) is 6.42. The summed E-state index contributed by atoms with van der Waals surface area (Å²) in [5.41, 5.74) is -0.0407. The number of rotatable bonds is 2. The van der Waals surface area contributed by atoms with Crippen molar-refractivity contribution in [3.8, 4) is 16.9 Å². The molecule has 0 amide bonds. The van der Waals surface area contributed by atoms with Crippen LogP contribution >= 0.6 is 0 Å². The number of halogens is 2. The Hall–Kier alpha value is -2.95. The highest BCUT2D eigenvalue weighted by Crippen LogP contribution is 2.34. The van der Waals surface area contributed by atoms with Crippen molar-refractivity contribution in [3.63, 3.8) is 0 Å². The Morgan fingerprint density at radius 3 is 2.27 bits per heavy atom. The number of carboxylic acids is 1. The molecule has 3 rings (SSSR count). The topological polar surface area (TPSA) is 57.5 Å². The van der Waals surface area contributed by atoms with Crippen LogP contribution in [0.2, 0.25) is 0 Å². The highest BCUT2D eigenvalue weighted by atomic mass is 19.1. The fraction of sp³-hybridized carbons (Fsp3) is 0. The second-order valence-corrected chi connectivity index (χ2v) is 4.83. The monoisotopic (exact) mass is 300 g/mol. The fourth-order valence-electron chi connectivity index (χ4n) is 2.44. The first kappa shape index (κ1) is 14.0. The molecule has 0 aliphatic rings. The SMILES string of the molecule is O=C(O)c1ccc2cccc(-c3c(F)cc(O)cc3F)c2c1. The molecule has 0 aliphatic heterocycles. The third kappa shape index (κ3) is 2.26. The van der Waals surface area contributed by atoms with Gasteiger partial charge in [0.1, 0.15) is 17.4 Å². The van der Waals surface area contributed by atoms with E-state index in [4.69, 9.17) is 5.11 Å². The van der Waals surface area contributed by atoms with E-state index in [1.807, 2.05) is 0 Å². The van der Waals surface area contributed by atoms with E-state index in [1.165, 1.54) is 18.2 Å². The number of carbonyl (C=O) groups is 1. The molecule has 0 bridgehead atoms. The number of hydrogen-bond acceptors (Lipinski definition) is 2. The summed E-state index contributed by atoms with van der Waals surface area (Å²) in [6.45, 7) is 0. The number of carboxylic acid groups (broad SMARTS) is 1. The number of phenols is 1. The maximum absolute atomic E-state index is 14.1. The summed E-state index contributed by atoms with van der Waals surface area (Å²) < 4.78 is 28.1. The molecule has 22 heavy (non-hydrogen) atoms. The number of hydrogen-bond donors (Lipinski definition) is 2. The van der Waals surface area contributed by atoms with Crippen LogP contribution in [-0.2, 0) is 0 Å². The lowest BCUT2D eigenvalue weighted by Gasteiger charge is -2.10. The second kappa shape index (κ2) is 5.11. The number of phenolic OH excluding ortho intramolecular Hbond substituents is 1. The third-order valence-electron chi connectivity index (χ3n) is 3.43. The fourth-order valence-corrected chi connectivity index (χ4v) is 2.44. The van der Waals surface area contributed by atoms with Crippen molar-refractivity contribution in [1.82, 2.24) is 0 Å². The minimum absolute atomic E-state index is 0.0274. The highest BCUT2D eigenvalue weighted by molar-refractivity contribution is 6.01. The molecule has 0 aromatic heterocycles. The van der Waals surface area contributed by atoms with Gasteiger partial charge in [0.15, 0.2) is 0 Å². The summed E-state index contributed by atoms with van der Waals surface area (Å²) in [6.07, 6.45) is 0. The van der Waals surface area contributed by atoms with Crippen LogP contribution in [0.25, 0.3) is 21.9 Å². The molecule has 3 aromatic carbocycles. The summed E-state index contributed by atoms with van der Waals surface area (Å²) in [4.78, 5) is 11.1. The van der Waals surface area contributed by atoms with Gasteiger partial charge in [0, 0.05) is 12.1 Å². The van der Waals surface area contributed by atoms with Gasteiger partial charge in [0.2, 0.25) is 0 Å². The second-order valence-electron chi connectivity index (χ2n) is 4.83. The van der Waals surface area contributed by atoms with Crippen LogP contribution in [0.1, 0.15) is 10.4 Å². The van der Waals surface area contributed by atoms with Gasteiger partial charge >= 0.3 is 5.97 Å². The maximum Gasteiger partial charge on any atom is 0.335 e. The van der Waals surface area contributed by atoms with E-state index >= 15 is 0 Å². The van der Waals surface area contributed by atoms with Gasteiger partial charge in [-0.2, -0.15) is 0 Å². The zero-order chi connectivity index (χ0) is 15.9. The molecule has 0 saturated heterocycles. The molecule has 0 atom stereocenters. The largest absolute Gasteiger partial charge is 0.508 e. The van der Waals surface area contributed by atoms with Crippen LogP contribution < -0.4 is 0 Å². The van der Waals surface area contributed by atoms with E-state index in [9.17, 15) is 18.7 Å². The Balaban J connectivity index is 2.36. The molecule has 110 valence electrons. The van der Waals surface area contributed by atoms with Crippen LogP contribution in [0.4, 0.5) is 8.78 Å². The molecular weight excluding hydrogens is 290 g/mol. The number of aromatic carboxylic acids is 1. The number of benzene rings is 3. The summed E-state index contributed by atoms with van der Waals surface area (Å²) >= 11 is 0. The summed E-state index contributed by atoms with van der Waals surface area (Å²) in [5.74, 6) is -3.45. The normalized spacial score (nSPS) is 10.8. The molecular formula is C17H10F2O3. The highest BCUT2D eigenvalue weighted by Gasteiger charge is 2.16. The predicted octanol–water partition coefficient (Wildman–Crippen LogP) is 4.19. The van der Waals surface area contributed by atoms with Crippen LogP contribution in [-0.4, -0.2) is 16.2 Å². The van der Waals surface area contributed by atoms with E-state index in [0.717, 1.165) is 12.1 Å². The Morgan fingerprint density at radius 1 is 0.955 bits per heavy atom. The summed E-state index contributed by atoms with van der Waals surface area (Å²) in [7, 11) is 0. The molecule has 0 heterocycles. The predicted molar refractivity (Wildman–Crippen MR) is 77.9 cm³/mol. The molecule has 0 aliphatic carbocycles. The zero-order valence-corrected chi connectivity index (χ0v) is 11.2. The molecule has 0 unspecified atom stereocenters. The van der Waals surface area contributed by atoms with Gasteiger partial charge in [0.25, 0.3) is 0 Å². The van der Waals surface area contributed by atoms with Crippen molar-refractivity contribution in [1.29, 1.82) is 0 Å². The lowest BCUT2D eigenvalue weighted by molar-refractivity contribution is 0.0697. The van der Waals surface area contributed by atoms with Crippen LogP contribution in [0, 0.1) is 11.6 Å². The first-order chi connectivity index (χ1) is 10.5. The third-order valence-corrected chi connectivity index (χ3v) is 3.43. The standard InChI is InChI=1S/C17H10F2O3/c18-14-7-11(20)8-15(19)16(14)12-3-1-2-9-4-5-10(17(21)22)6-13(9)12/h1-8,20H,(H,21,22). The van der Waals surface area contributed by atoms with Crippen molar-refractivity contribution in [2.24, 2.45) is 0 Å². The molecule has 5 heteroatoms. The Labute approximate surface area is 124 Å². The smallest absolute Gasteiger partial charge is 0.335 e. The lowest BCUT2D eigenvalue weighted by Crippen LogP contribution is -1.97. The molecule has 0 spiro atoms. The Morgan fingerprint density at radius 2 is 1.64 bits per heavy atom. The quantitative estimate of drug-likeness (QED) is 0.746. The van der Waals surface area contributed by atoms with E-state index in [0.29, 0.717) is 10.8 Å². The van der Waals surface area contributed by atoms with Gasteiger partial charge in [-0.1, -0.05) is 24.3 Å². The van der Waals surface area contributed by atoms with E-state index < -0.39 is 23.4 Å². The number of aromatic hydroxyl groups is 1. The van der Waals surface area contributed by atoms with E-state index in [1.54, 1.807) is 18.2 Å². The van der Waals surface area contributed by atoms with Crippen molar-refractivity contribution in [3.05, 3.63) is 65.7 Å². The van der Waals surface area contributed by atoms with Crippen molar-refractivity contribution in [2.75, 3.05) is 0 Å². The van der Waals surface area contributed by atoms with E-state index in [-0.39, 0.29) is 16.7 Å². The maximum atomic E-state index is 14.1. The average Bonchev–Trinajstić information content (AvgIpc) is 2.45. The van der Waals surface area contributed by atoms with Crippen LogP contribution in [0.3, 0.4) is 0 Å². The van der Waals surface area contributed by atoms with Crippen molar-refractivity contribution >= 4 is 16.7 Å². The van der Waals surface area contributed by atoms with E-state index in [2.05, 4.69) is 0 Å². The van der Waals surface area contributed by atoms with Gasteiger partial charge in [-0.25, -0.2) is 13.6 Å². The molecule has 0 fully saturated rings. The van der Waals surface area contributed by atoms with Gasteiger partial charge in [-0.05, 0) is 28.5 Å². The summed E-state index contributed by atoms with van der Waals surface area (Å²) in [6, 6.07) is 10.9. The Bertz CT molecular complexity index is 881. The molecule has 2 N–H and O–H groups in total. The molecule has 0 saturated carbocycles. The number of fused-ring (bicyclic) bond motifs is 1. The van der Waals surface area contributed by atoms with Crippen LogP contribution in [0.5, 0.6) is 5.75 Å². The molecule has 3 aromatic rings. The van der Waals surface area contributed by atoms with Gasteiger partial charge < -0.3 is 10.2 Å². The van der Waals surface area contributed by atoms with Crippen LogP contribution in [0.15, 0.2) is 48.5 Å². The molecule has 0 radical (unpaired) electrons. The van der Waals surface area contributed by atoms with Gasteiger partial charge in [0.05, 0.1) is 11.1 Å². The average molecular weight is 300 g/mol. The van der Waals surface area contributed by atoms with Crippen molar-refractivity contribution < 1.29 is 23.8 Å².